The zero-order valence-electron chi connectivity index (χ0n) is 10.4. The Morgan fingerprint density at radius 3 is 2.61 bits per heavy atom. The van der Waals surface area contributed by atoms with Gasteiger partial charge in [0.15, 0.2) is 0 Å². The van der Waals surface area contributed by atoms with Crippen LogP contribution in [0.2, 0.25) is 0 Å². The van der Waals surface area contributed by atoms with Crippen molar-refractivity contribution in [2.75, 3.05) is 25.2 Å². The van der Waals surface area contributed by atoms with E-state index in [1.54, 1.807) is 30.9 Å². The Morgan fingerprint density at radius 1 is 1.44 bits per heavy atom. The minimum absolute atomic E-state index is 0.116. The summed E-state index contributed by atoms with van der Waals surface area (Å²) < 4.78 is 26.9. The van der Waals surface area contributed by atoms with Gasteiger partial charge in [-0.05, 0) is 31.2 Å². The first-order valence-electron chi connectivity index (χ1n) is 5.70. The molecule has 0 bridgehead atoms. The van der Waals surface area contributed by atoms with Crippen molar-refractivity contribution in [2.45, 2.75) is 22.5 Å². The quantitative estimate of drug-likeness (QED) is 0.825. The second-order valence-electron chi connectivity index (χ2n) is 4.34. The van der Waals surface area contributed by atoms with E-state index in [9.17, 15) is 8.42 Å². The van der Waals surface area contributed by atoms with Gasteiger partial charge < -0.3 is 5.32 Å². The van der Waals surface area contributed by atoms with Crippen molar-refractivity contribution in [3.8, 4) is 0 Å². The average Bonchev–Trinajstić information content (AvgIpc) is 3.17. The van der Waals surface area contributed by atoms with Crippen LogP contribution in [0.25, 0.3) is 0 Å². The molecule has 0 aliphatic heterocycles. The molecule has 0 radical (unpaired) electrons. The number of hydrogen-bond donors (Lipinski definition) is 2. The molecule has 100 valence electrons. The fourth-order valence-electron chi connectivity index (χ4n) is 1.59. The van der Waals surface area contributed by atoms with Crippen LogP contribution >= 0.6 is 11.8 Å². The molecule has 1 fully saturated rings. The highest BCUT2D eigenvalue weighted by molar-refractivity contribution is 8.00. The van der Waals surface area contributed by atoms with Crippen molar-refractivity contribution in [1.82, 2.24) is 9.71 Å². The summed E-state index contributed by atoms with van der Waals surface area (Å²) in [6, 6.07) is 3.20. The Morgan fingerprint density at radius 2 is 2.17 bits per heavy atom. The molecule has 1 heterocycles. The van der Waals surface area contributed by atoms with Crippen molar-refractivity contribution in [2.24, 2.45) is 0 Å². The fraction of sp³-hybridized carbons (Fsp3) is 0.545. The average molecular weight is 287 g/mol. The molecule has 0 amide bonds. The zero-order chi connectivity index (χ0) is 13.2. The molecule has 18 heavy (non-hydrogen) atoms. The standard InChI is InChI=1S/C11H17N3O2S2/c1-12-10-4-3-9(7-13-10)18(15,16)14-8-11(17-2)5-6-11/h3-4,7,14H,5-6,8H2,1-2H3,(H,12,13). The summed E-state index contributed by atoms with van der Waals surface area (Å²) in [6.07, 6.45) is 5.54. The molecule has 2 rings (SSSR count). The number of pyridine rings is 1. The van der Waals surface area contributed by atoms with Crippen LogP contribution in [-0.4, -0.2) is 38.0 Å². The summed E-state index contributed by atoms with van der Waals surface area (Å²) in [7, 11) is -1.70. The van der Waals surface area contributed by atoms with Crippen LogP contribution in [0.15, 0.2) is 23.2 Å². The molecule has 2 N–H and O–H groups in total. The summed E-state index contributed by atoms with van der Waals surface area (Å²) >= 11 is 1.73. The third-order valence-corrected chi connectivity index (χ3v) is 5.93. The van der Waals surface area contributed by atoms with Crippen molar-refractivity contribution in [3.05, 3.63) is 18.3 Å². The van der Waals surface area contributed by atoms with E-state index in [-0.39, 0.29) is 9.64 Å². The van der Waals surface area contributed by atoms with E-state index in [4.69, 9.17) is 0 Å². The minimum Gasteiger partial charge on any atom is -0.373 e. The normalized spacial score (nSPS) is 17.4. The molecule has 5 nitrogen and oxygen atoms in total. The maximum Gasteiger partial charge on any atom is 0.242 e. The van der Waals surface area contributed by atoms with Gasteiger partial charge in [0.1, 0.15) is 10.7 Å². The van der Waals surface area contributed by atoms with Crippen molar-refractivity contribution in [1.29, 1.82) is 0 Å². The summed E-state index contributed by atoms with van der Waals surface area (Å²) in [6.45, 7) is 0.490. The Balaban J connectivity index is 2.05. The molecule has 0 atom stereocenters. The first-order valence-corrected chi connectivity index (χ1v) is 8.41. The Labute approximate surface area is 112 Å². The van der Waals surface area contributed by atoms with Gasteiger partial charge in [-0.15, -0.1) is 0 Å². The molecule has 7 heteroatoms. The van der Waals surface area contributed by atoms with Gasteiger partial charge in [-0.1, -0.05) is 0 Å². The number of sulfonamides is 1. The van der Waals surface area contributed by atoms with Crippen LogP contribution in [0, 0.1) is 0 Å². The van der Waals surface area contributed by atoms with Crippen LogP contribution in [0.1, 0.15) is 12.8 Å². The van der Waals surface area contributed by atoms with Gasteiger partial charge in [0.05, 0.1) is 0 Å². The number of rotatable bonds is 6. The highest BCUT2D eigenvalue weighted by Crippen LogP contribution is 2.46. The van der Waals surface area contributed by atoms with Crippen LogP contribution in [-0.2, 0) is 10.0 Å². The maximum absolute atomic E-state index is 12.0. The number of nitrogens with zero attached hydrogens (tertiary/aromatic N) is 1. The predicted octanol–water partition coefficient (Wildman–Crippen LogP) is 1.30. The highest BCUT2D eigenvalue weighted by Gasteiger charge is 2.42. The molecule has 1 aliphatic carbocycles. The summed E-state index contributed by atoms with van der Waals surface area (Å²) in [5.41, 5.74) is 0. The molecule has 0 unspecified atom stereocenters. The first-order chi connectivity index (χ1) is 8.51. The van der Waals surface area contributed by atoms with Crippen LogP contribution < -0.4 is 10.0 Å². The fourth-order valence-corrected chi connectivity index (χ4v) is 3.48. The molecular weight excluding hydrogens is 270 g/mol. The minimum atomic E-state index is -3.44. The Bertz CT molecular complexity index is 510. The lowest BCUT2D eigenvalue weighted by atomic mass is 10.4. The monoisotopic (exact) mass is 287 g/mol. The molecule has 0 aromatic carbocycles. The van der Waals surface area contributed by atoms with Gasteiger partial charge in [-0.3, -0.25) is 0 Å². The third-order valence-electron chi connectivity index (χ3n) is 3.13. The van der Waals surface area contributed by atoms with E-state index >= 15 is 0 Å². The smallest absolute Gasteiger partial charge is 0.242 e. The second-order valence-corrected chi connectivity index (χ2v) is 7.38. The largest absolute Gasteiger partial charge is 0.373 e. The molecule has 0 saturated heterocycles. The highest BCUT2D eigenvalue weighted by atomic mass is 32.2. The number of nitrogens with one attached hydrogen (secondary N) is 2. The first kappa shape index (κ1) is 13.6. The molecule has 1 saturated carbocycles. The maximum atomic E-state index is 12.0. The predicted molar refractivity (Wildman–Crippen MR) is 74.5 cm³/mol. The number of thioether (sulfide) groups is 1. The number of aromatic nitrogens is 1. The molecule has 1 aromatic heterocycles. The summed E-state index contributed by atoms with van der Waals surface area (Å²) in [5.74, 6) is 0.650. The lowest BCUT2D eigenvalue weighted by molar-refractivity contribution is 0.579. The topological polar surface area (TPSA) is 71.1 Å². The van der Waals surface area contributed by atoms with E-state index in [0.717, 1.165) is 12.8 Å². The molecule has 0 spiro atoms. The summed E-state index contributed by atoms with van der Waals surface area (Å²) in [5, 5.41) is 2.85. The SMILES string of the molecule is CNc1ccc(S(=O)(=O)NCC2(SC)CC2)cn1. The summed E-state index contributed by atoms with van der Waals surface area (Å²) in [4.78, 5) is 4.22. The lowest BCUT2D eigenvalue weighted by Crippen LogP contribution is -2.31. The molecular formula is C11H17N3O2S2. The Hall–Kier alpha value is -0.790. The van der Waals surface area contributed by atoms with Crippen molar-refractivity contribution < 1.29 is 8.42 Å². The van der Waals surface area contributed by atoms with Gasteiger partial charge in [-0.2, -0.15) is 11.8 Å². The van der Waals surface area contributed by atoms with E-state index in [1.165, 1.54) is 6.20 Å². The van der Waals surface area contributed by atoms with Gasteiger partial charge in [-0.25, -0.2) is 18.1 Å². The molecule has 1 aromatic rings. The van der Waals surface area contributed by atoms with E-state index in [2.05, 4.69) is 15.0 Å². The molecule has 1 aliphatic rings. The zero-order valence-corrected chi connectivity index (χ0v) is 12.1. The van der Waals surface area contributed by atoms with Crippen molar-refractivity contribution >= 4 is 27.6 Å². The van der Waals surface area contributed by atoms with Gasteiger partial charge in [0, 0.05) is 24.5 Å². The van der Waals surface area contributed by atoms with Gasteiger partial charge in [0.25, 0.3) is 0 Å². The Kier molecular flexibility index (Phi) is 3.84. The second kappa shape index (κ2) is 5.07. The van der Waals surface area contributed by atoms with Crippen LogP contribution in [0.4, 0.5) is 5.82 Å². The van der Waals surface area contributed by atoms with Gasteiger partial charge >= 0.3 is 0 Å². The van der Waals surface area contributed by atoms with Crippen molar-refractivity contribution in [3.63, 3.8) is 0 Å². The third kappa shape index (κ3) is 2.96. The number of anilines is 1. The van der Waals surface area contributed by atoms with Gasteiger partial charge in [0.2, 0.25) is 10.0 Å². The van der Waals surface area contributed by atoms with E-state index in [0.29, 0.717) is 12.4 Å². The lowest BCUT2D eigenvalue weighted by Gasteiger charge is -2.13. The van der Waals surface area contributed by atoms with E-state index in [1.807, 2.05) is 6.26 Å². The number of hydrogen-bond acceptors (Lipinski definition) is 5. The van der Waals surface area contributed by atoms with E-state index < -0.39 is 10.0 Å². The van der Waals surface area contributed by atoms with Crippen LogP contribution in [0.3, 0.4) is 0 Å². The van der Waals surface area contributed by atoms with Crippen LogP contribution in [0.5, 0.6) is 0 Å².